The molecule has 3 aliphatic heterocycles. The summed E-state index contributed by atoms with van der Waals surface area (Å²) in [7, 11) is 0. The molecule has 5 atom stereocenters. The van der Waals surface area contributed by atoms with Crippen LogP contribution in [0.4, 0.5) is 0 Å². The Kier molecular flexibility index (Phi) is 4.75. The number of nitrogens with zero attached hydrogens (tertiary/aromatic N) is 3. The first kappa shape index (κ1) is 17.3. The number of piperidine rings is 1. The summed E-state index contributed by atoms with van der Waals surface area (Å²) in [5.74, 6) is 0.646. The Hall–Kier alpha value is -1.14. The molecule has 0 aromatic heterocycles. The van der Waals surface area contributed by atoms with Crippen molar-refractivity contribution >= 4 is 11.8 Å². The lowest BCUT2D eigenvalue weighted by molar-refractivity contribution is -0.156. The number of hydrogen-bond donors (Lipinski definition) is 1. The number of hydrogen-bond acceptors (Lipinski definition) is 4. The molecule has 4 aliphatic rings. The summed E-state index contributed by atoms with van der Waals surface area (Å²) in [5, 5.41) is 3.53. The van der Waals surface area contributed by atoms with Gasteiger partial charge in [-0.3, -0.25) is 14.5 Å². The third kappa shape index (κ3) is 3.08. The normalized spacial score (nSPS) is 39.0. The highest BCUT2D eigenvalue weighted by molar-refractivity contribution is 5.81. The molecule has 25 heavy (non-hydrogen) atoms. The fourth-order valence-electron chi connectivity index (χ4n) is 5.74. The van der Waals surface area contributed by atoms with Crippen LogP contribution in [0.5, 0.6) is 0 Å². The highest BCUT2D eigenvalue weighted by Crippen LogP contribution is 2.35. The van der Waals surface area contributed by atoms with E-state index in [0.29, 0.717) is 18.6 Å². The summed E-state index contributed by atoms with van der Waals surface area (Å²) in [5.41, 5.74) is 0. The molecule has 6 heteroatoms. The minimum Gasteiger partial charge on any atom is -0.335 e. The lowest BCUT2D eigenvalue weighted by Gasteiger charge is -2.53. The van der Waals surface area contributed by atoms with Gasteiger partial charge < -0.3 is 15.1 Å². The fraction of sp³-hybridized carbons (Fsp3) is 0.895. The maximum absolute atomic E-state index is 13.4. The van der Waals surface area contributed by atoms with Crippen molar-refractivity contribution in [2.75, 3.05) is 26.2 Å². The number of nitrogens with one attached hydrogen (secondary N) is 1. The van der Waals surface area contributed by atoms with Gasteiger partial charge >= 0.3 is 0 Å². The lowest BCUT2D eigenvalue weighted by Crippen LogP contribution is -2.67. The zero-order valence-electron chi connectivity index (χ0n) is 15.6. The van der Waals surface area contributed by atoms with Crippen LogP contribution in [-0.2, 0) is 9.59 Å². The van der Waals surface area contributed by atoms with Crippen molar-refractivity contribution in [3.05, 3.63) is 0 Å². The highest BCUT2D eigenvalue weighted by Gasteiger charge is 2.46. The monoisotopic (exact) mass is 348 g/mol. The van der Waals surface area contributed by atoms with Gasteiger partial charge in [0.15, 0.2) is 0 Å². The molecule has 0 spiro atoms. The van der Waals surface area contributed by atoms with E-state index in [1.807, 2.05) is 0 Å². The van der Waals surface area contributed by atoms with E-state index in [1.54, 1.807) is 6.92 Å². The highest BCUT2D eigenvalue weighted by atomic mass is 16.2. The lowest BCUT2D eigenvalue weighted by atomic mass is 9.83. The van der Waals surface area contributed by atoms with Crippen LogP contribution in [0.3, 0.4) is 0 Å². The van der Waals surface area contributed by atoms with Crippen LogP contribution in [0.2, 0.25) is 0 Å². The van der Waals surface area contributed by atoms with Crippen LogP contribution < -0.4 is 5.32 Å². The van der Waals surface area contributed by atoms with Crippen molar-refractivity contribution < 1.29 is 9.59 Å². The van der Waals surface area contributed by atoms with Gasteiger partial charge in [0.2, 0.25) is 11.8 Å². The summed E-state index contributed by atoms with van der Waals surface area (Å²) in [6, 6.07) is 0.588. The molecule has 0 bridgehead atoms. The van der Waals surface area contributed by atoms with Gasteiger partial charge in [-0.15, -0.1) is 0 Å². The SMILES string of the molecule is CC(=O)N1C2CCCCC2N(C(=O)C2CCC3NCCN3C2)C[C@@H]1C. The second-order valence-electron chi connectivity index (χ2n) is 8.42. The summed E-state index contributed by atoms with van der Waals surface area (Å²) < 4.78 is 0. The molecule has 1 N–H and O–H groups in total. The standard InChI is InChI=1S/C19H32N4O2/c1-13-11-22(16-5-3-4-6-17(16)23(13)14(2)24)19(25)15-7-8-18-20-9-10-21(18)12-15/h13,15-18,20H,3-12H2,1-2H3/t13-,15?,16?,17?,18?/m0/s1. The zero-order chi connectivity index (χ0) is 17.6. The fourth-order valence-corrected chi connectivity index (χ4v) is 5.74. The Morgan fingerprint density at radius 3 is 2.52 bits per heavy atom. The molecule has 6 nitrogen and oxygen atoms in total. The molecule has 1 aliphatic carbocycles. The number of carbonyl (C=O) groups excluding carboxylic acids is 2. The summed E-state index contributed by atoms with van der Waals surface area (Å²) >= 11 is 0. The minimum absolute atomic E-state index is 0.130. The number of rotatable bonds is 1. The Morgan fingerprint density at radius 1 is 1.00 bits per heavy atom. The molecule has 3 heterocycles. The minimum atomic E-state index is 0.130. The third-order valence-electron chi connectivity index (χ3n) is 6.85. The van der Waals surface area contributed by atoms with Crippen LogP contribution in [0.25, 0.3) is 0 Å². The first-order valence-electron chi connectivity index (χ1n) is 10.1. The molecule has 4 fully saturated rings. The molecule has 3 saturated heterocycles. The van der Waals surface area contributed by atoms with E-state index in [4.69, 9.17) is 0 Å². The molecule has 140 valence electrons. The van der Waals surface area contributed by atoms with Crippen LogP contribution >= 0.6 is 0 Å². The van der Waals surface area contributed by atoms with Crippen LogP contribution in [0.1, 0.15) is 52.4 Å². The van der Waals surface area contributed by atoms with Gasteiger partial charge in [0.05, 0.1) is 24.2 Å². The van der Waals surface area contributed by atoms with Gasteiger partial charge in [0.1, 0.15) is 0 Å². The quantitative estimate of drug-likeness (QED) is 0.769. The zero-order valence-corrected chi connectivity index (χ0v) is 15.6. The smallest absolute Gasteiger partial charge is 0.227 e. The third-order valence-corrected chi connectivity index (χ3v) is 6.85. The average Bonchev–Trinajstić information content (AvgIpc) is 3.07. The van der Waals surface area contributed by atoms with E-state index >= 15 is 0 Å². The van der Waals surface area contributed by atoms with Crippen molar-refractivity contribution in [2.45, 2.75) is 76.7 Å². The molecular weight excluding hydrogens is 316 g/mol. The first-order chi connectivity index (χ1) is 12.1. The molecule has 0 aromatic rings. The van der Waals surface area contributed by atoms with E-state index in [0.717, 1.165) is 45.3 Å². The number of piperazine rings is 1. The number of carbonyl (C=O) groups is 2. The van der Waals surface area contributed by atoms with Crippen molar-refractivity contribution in [2.24, 2.45) is 5.92 Å². The molecule has 2 amide bonds. The van der Waals surface area contributed by atoms with Crippen LogP contribution in [-0.4, -0.2) is 77.0 Å². The molecule has 0 aromatic carbocycles. The maximum atomic E-state index is 13.4. The summed E-state index contributed by atoms with van der Waals surface area (Å²) in [6.07, 6.45) is 6.99. The van der Waals surface area contributed by atoms with E-state index in [9.17, 15) is 9.59 Å². The van der Waals surface area contributed by atoms with E-state index < -0.39 is 0 Å². The summed E-state index contributed by atoms with van der Waals surface area (Å²) in [4.78, 5) is 32.2. The molecule has 0 radical (unpaired) electrons. The number of amides is 2. The Balaban J connectivity index is 1.50. The number of fused-ring (bicyclic) bond motifs is 2. The Bertz CT molecular complexity index is 540. The van der Waals surface area contributed by atoms with Gasteiger partial charge in [0.25, 0.3) is 0 Å². The topological polar surface area (TPSA) is 55.9 Å². The van der Waals surface area contributed by atoms with Gasteiger partial charge in [0, 0.05) is 39.1 Å². The van der Waals surface area contributed by atoms with Crippen LogP contribution in [0.15, 0.2) is 0 Å². The predicted octanol–water partition coefficient (Wildman–Crippen LogP) is 1.02. The molecular formula is C19H32N4O2. The molecule has 4 rings (SSSR count). The molecule has 4 unspecified atom stereocenters. The maximum Gasteiger partial charge on any atom is 0.227 e. The predicted molar refractivity (Wildman–Crippen MR) is 95.8 cm³/mol. The van der Waals surface area contributed by atoms with Gasteiger partial charge in [-0.25, -0.2) is 0 Å². The van der Waals surface area contributed by atoms with Gasteiger partial charge in [-0.05, 0) is 32.6 Å². The Morgan fingerprint density at radius 2 is 1.76 bits per heavy atom. The van der Waals surface area contributed by atoms with E-state index in [1.165, 1.54) is 12.8 Å². The van der Waals surface area contributed by atoms with Crippen molar-refractivity contribution in [1.29, 1.82) is 0 Å². The molecule has 1 saturated carbocycles. The van der Waals surface area contributed by atoms with Crippen molar-refractivity contribution in [1.82, 2.24) is 20.0 Å². The first-order valence-corrected chi connectivity index (χ1v) is 10.1. The Labute approximate surface area is 150 Å². The van der Waals surface area contributed by atoms with Gasteiger partial charge in [-0.1, -0.05) is 12.8 Å². The average molecular weight is 348 g/mol. The largest absolute Gasteiger partial charge is 0.335 e. The van der Waals surface area contributed by atoms with E-state index in [-0.39, 0.29) is 30.0 Å². The van der Waals surface area contributed by atoms with Crippen molar-refractivity contribution in [3.63, 3.8) is 0 Å². The summed E-state index contributed by atoms with van der Waals surface area (Å²) in [6.45, 7) is 7.50. The van der Waals surface area contributed by atoms with Crippen LogP contribution in [0, 0.1) is 5.92 Å². The second-order valence-corrected chi connectivity index (χ2v) is 8.42. The van der Waals surface area contributed by atoms with E-state index in [2.05, 4.69) is 26.9 Å². The van der Waals surface area contributed by atoms with Crippen molar-refractivity contribution in [3.8, 4) is 0 Å². The second kappa shape index (κ2) is 6.88. The van der Waals surface area contributed by atoms with Gasteiger partial charge in [-0.2, -0.15) is 0 Å².